The Morgan fingerprint density at radius 2 is 1.56 bits per heavy atom. The molecule has 0 amide bonds. The van der Waals surface area contributed by atoms with Crippen molar-refractivity contribution in [3.8, 4) is 0 Å². The minimum Gasteiger partial charge on any atom is -0.309 e. The summed E-state index contributed by atoms with van der Waals surface area (Å²) in [5, 5.41) is 0. The maximum Gasteiger partial charge on any atom is 0.330 e. The third kappa shape index (κ3) is 8.09. The first-order valence-electron chi connectivity index (χ1n) is 6.21. The van der Waals surface area contributed by atoms with Crippen LogP contribution < -0.4 is 0 Å². The van der Waals surface area contributed by atoms with Crippen molar-refractivity contribution in [3.05, 3.63) is 12.2 Å². The summed E-state index contributed by atoms with van der Waals surface area (Å²) >= 11 is 0. The average Bonchev–Trinajstić information content (AvgIpc) is 2.24. The number of hydrogen-bond donors (Lipinski definition) is 0. The van der Waals surface area contributed by atoms with Crippen LogP contribution >= 0.6 is 7.60 Å². The molecule has 0 aliphatic rings. The van der Waals surface area contributed by atoms with E-state index in [9.17, 15) is 4.57 Å². The molecule has 0 aromatic carbocycles. The lowest BCUT2D eigenvalue weighted by atomic mass is 10.2. The molecule has 0 atom stereocenters. The lowest BCUT2D eigenvalue weighted by molar-refractivity contribution is 0.220. The van der Waals surface area contributed by atoms with Crippen molar-refractivity contribution in [2.24, 2.45) is 0 Å². The van der Waals surface area contributed by atoms with Crippen LogP contribution in [0.4, 0.5) is 0 Å². The minimum atomic E-state index is -2.83. The van der Waals surface area contributed by atoms with Gasteiger partial charge in [-0.05, 0) is 26.7 Å². The van der Waals surface area contributed by atoms with Crippen LogP contribution in [-0.2, 0) is 13.6 Å². The number of rotatable bonds is 10. The number of unbranched alkanes of at least 4 members (excludes halogenated alkanes) is 2. The zero-order chi connectivity index (χ0) is 12.3. The van der Waals surface area contributed by atoms with Crippen LogP contribution in [-0.4, -0.2) is 19.4 Å². The molecule has 3 nitrogen and oxygen atoms in total. The van der Waals surface area contributed by atoms with E-state index >= 15 is 0 Å². The van der Waals surface area contributed by atoms with Crippen LogP contribution in [0.2, 0.25) is 0 Å². The summed E-state index contributed by atoms with van der Waals surface area (Å²) in [6, 6.07) is 0. The molecule has 0 unspecified atom stereocenters. The highest BCUT2D eigenvalue weighted by atomic mass is 31.2. The predicted octanol–water partition coefficient (Wildman–Crippen LogP) is 4.39. The van der Waals surface area contributed by atoms with Gasteiger partial charge < -0.3 is 9.05 Å². The topological polar surface area (TPSA) is 35.5 Å². The molecule has 0 aliphatic carbocycles. The van der Waals surface area contributed by atoms with Gasteiger partial charge in [0.15, 0.2) is 0 Å². The Morgan fingerprint density at radius 1 is 1.00 bits per heavy atom. The fourth-order valence-electron chi connectivity index (χ4n) is 1.35. The van der Waals surface area contributed by atoms with Crippen LogP contribution in [0.1, 0.15) is 46.5 Å². The molecule has 0 spiro atoms. The summed E-state index contributed by atoms with van der Waals surface area (Å²) in [5.74, 6) is 0. The van der Waals surface area contributed by atoms with E-state index in [0.29, 0.717) is 19.4 Å². The van der Waals surface area contributed by atoms with Crippen molar-refractivity contribution >= 4 is 7.60 Å². The van der Waals surface area contributed by atoms with E-state index < -0.39 is 7.60 Å². The molecule has 0 fully saturated rings. The second-order valence-electron chi connectivity index (χ2n) is 3.57. The van der Waals surface area contributed by atoms with Gasteiger partial charge in [-0.2, -0.15) is 0 Å². The Bertz CT molecular complexity index is 216. The van der Waals surface area contributed by atoms with Gasteiger partial charge in [-0.1, -0.05) is 31.9 Å². The van der Waals surface area contributed by atoms with Gasteiger partial charge in [0.1, 0.15) is 0 Å². The van der Waals surface area contributed by atoms with Crippen LogP contribution in [0, 0.1) is 0 Å². The van der Waals surface area contributed by atoms with Gasteiger partial charge in [0.25, 0.3) is 0 Å². The standard InChI is InChI=1S/C12H25O3P/c1-4-7-8-9-10-11-12-16(13,14-5-2)15-6-3/h9-10H,4-8,11-12H2,1-3H3/b10-9+. The highest BCUT2D eigenvalue weighted by molar-refractivity contribution is 7.53. The van der Waals surface area contributed by atoms with E-state index in [4.69, 9.17) is 9.05 Å². The van der Waals surface area contributed by atoms with Gasteiger partial charge in [0.05, 0.1) is 19.4 Å². The van der Waals surface area contributed by atoms with Crippen LogP contribution in [0.15, 0.2) is 12.2 Å². The third-order valence-electron chi connectivity index (χ3n) is 2.11. The Hall–Kier alpha value is -0.110. The molecular formula is C12H25O3P. The number of hydrogen-bond acceptors (Lipinski definition) is 3. The van der Waals surface area contributed by atoms with Crippen molar-refractivity contribution in [2.75, 3.05) is 19.4 Å². The second kappa shape index (κ2) is 10.1. The van der Waals surface area contributed by atoms with Crippen LogP contribution in [0.5, 0.6) is 0 Å². The first kappa shape index (κ1) is 15.9. The molecule has 0 aliphatic heterocycles. The molecular weight excluding hydrogens is 223 g/mol. The van der Waals surface area contributed by atoms with Crippen molar-refractivity contribution in [1.29, 1.82) is 0 Å². The molecule has 16 heavy (non-hydrogen) atoms. The summed E-state index contributed by atoms with van der Waals surface area (Å²) in [4.78, 5) is 0. The molecule has 0 N–H and O–H groups in total. The Labute approximate surface area is 99.8 Å². The summed E-state index contributed by atoms with van der Waals surface area (Å²) in [6.45, 7) is 6.73. The maximum atomic E-state index is 12.0. The van der Waals surface area contributed by atoms with Crippen molar-refractivity contribution in [3.63, 3.8) is 0 Å². The molecule has 0 saturated carbocycles. The van der Waals surface area contributed by atoms with Crippen LogP contribution in [0.25, 0.3) is 0 Å². The predicted molar refractivity (Wildman–Crippen MR) is 69.0 cm³/mol. The van der Waals surface area contributed by atoms with E-state index in [-0.39, 0.29) is 0 Å². The fourth-order valence-corrected chi connectivity index (χ4v) is 2.93. The summed E-state index contributed by atoms with van der Waals surface area (Å²) in [6.07, 6.45) is 8.99. The smallest absolute Gasteiger partial charge is 0.309 e. The fraction of sp³-hybridized carbons (Fsp3) is 0.833. The first-order chi connectivity index (χ1) is 7.68. The van der Waals surface area contributed by atoms with Gasteiger partial charge >= 0.3 is 7.60 Å². The molecule has 0 radical (unpaired) electrons. The third-order valence-corrected chi connectivity index (χ3v) is 4.22. The zero-order valence-electron chi connectivity index (χ0n) is 10.8. The number of allylic oxidation sites excluding steroid dienone is 2. The highest BCUT2D eigenvalue weighted by Crippen LogP contribution is 2.48. The lowest BCUT2D eigenvalue weighted by Crippen LogP contribution is -1.99. The Morgan fingerprint density at radius 3 is 2.06 bits per heavy atom. The van der Waals surface area contributed by atoms with Crippen LogP contribution in [0.3, 0.4) is 0 Å². The molecule has 0 aromatic heterocycles. The lowest BCUT2D eigenvalue weighted by Gasteiger charge is -2.15. The van der Waals surface area contributed by atoms with Gasteiger partial charge in [0.2, 0.25) is 0 Å². The Balaban J connectivity index is 3.84. The molecule has 0 rings (SSSR count). The van der Waals surface area contributed by atoms with Crippen molar-refractivity contribution in [1.82, 2.24) is 0 Å². The van der Waals surface area contributed by atoms with Gasteiger partial charge in [-0.3, -0.25) is 4.57 Å². The summed E-state index contributed by atoms with van der Waals surface area (Å²) < 4.78 is 22.4. The van der Waals surface area contributed by atoms with Gasteiger partial charge in [-0.25, -0.2) is 0 Å². The molecule has 4 heteroatoms. The van der Waals surface area contributed by atoms with Gasteiger partial charge in [-0.15, -0.1) is 0 Å². The monoisotopic (exact) mass is 248 g/mol. The largest absolute Gasteiger partial charge is 0.330 e. The molecule has 96 valence electrons. The molecule has 0 heterocycles. The quantitative estimate of drug-likeness (QED) is 0.327. The van der Waals surface area contributed by atoms with Crippen molar-refractivity contribution in [2.45, 2.75) is 46.5 Å². The molecule has 0 bridgehead atoms. The molecule has 0 aromatic rings. The van der Waals surface area contributed by atoms with E-state index in [1.165, 1.54) is 12.8 Å². The second-order valence-corrected chi connectivity index (χ2v) is 5.76. The average molecular weight is 248 g/mol. The van der Waals surface area contributed by atoms with E-state index in [2.05, 4.69) is 19.1 Å². The highest BCUT2D eigenvalue weighted by Gasteiger charge is 2.21. The zero-order valence-corrected chi connectivity index (χ0v) is 11.7. The maximum absolute atomic E-state index is 12.0. The van der Waals surface area contributed by atoms with E-state index in [1.54, 1.807) is 0 Å². The summed E-state index contributed by atoms with van der Waals surface area (Å²) in [5.41, 5.74) is 0. The first-order valence-corrected chi connectivity index (χ1v) is 7.94. The van der Waals surface area contributed by atoms with Gasteiger partial charge in [0, 0.05) is 0 Å². The Kier molecular flexibility index (Phi) is 10.0. The minimum absolute atomic E-state index is 0.441. The molecule has 0 saturated heterocycles. The summed E-state index contributed by atoms with van der Waals surface area (Å²) in [7, 11) is -2.83. The van der Waals surface area contributed by atoms with E-state index in [1.807, 2.05) is 13.8 Å². The normalized spacial score (nSPS) is 12.4. The SMILES string of the molecule is CCCC/C=C/CCP(=O)(OCC)OCC. The van der Waals surface area contributed by atoms with Crippen molar-refractivity contribution < 1.29 is 13.6 Å². The van der Waals surface area contributed by atoms with E-state index in [0.717, 1.165) is 12.8 Å².